The van der Waals surface area contributed by atoms with Gasteiger partial charge in [0.1, 0.15) is 0 Å². The highest BCUT2D eigenvalue weighted by atomic mass is 16.5. The Bertz CT molecular complexity index is 153. The van der Waals surface area contributed by atoms with Gasteiger partial charge in [0, 0.05) is 46.4 Å². The van der Waals surface area contributed by atoms with Crippen LogP contribution in [0.3, 0.4) is 0 Å². The molecular formula is C11H24N2O. The van der Waals surface area contributed by atoms with E-state index in [1.165, 1.54) is 19.6 Å². The van der Waals surface area contributed by atoms with Crippen molar-refractivity contribution >= 4 is 0 Å². The van der Waals surface area contributed by atoms with Gasteiger partial charge in [-0.1, -0.05) is 13.8 Å². The summed E-state index contributed by atoms with van der Waals surface area (Å²) in [6.45, 7) is 11.4. The monoisotopic (exact) mass is 200 g/mol. The molecular weight excluding hydrogens is 176 g/mol. The molecule has 3 nitrogen and oxygen atoms in total. The van der Waals surface area contributed by atoms with E-state index in [0.717, 1.165) is 26.1 Å². The maximum Gasteiger partial charge on any atom is 0.0467 e. The second kappa shape index (κ2) is 5.69. The van der Waals surface area contributed by atoms with Gasteiger partial charge in [-0.25, -0.2) is 0 Å². The zero-order chi connectivity index (χ0) is 10.4. The van der Waals surface area contributed by atoms with Gasteiger partial charge in [-0.2, -0.15) is 0 Å². The van der Waals surface area contributed by atoms with Gasteiger partial charge in [-0.3, -0.25) is 0 Å². The first kappa shape index (κ1) is 12.0. The lowest BCUT2D eigenvalue weighted by molar-refractivity contribution is 0.110. The number of methoxy groups -OCH3 is 1. The molecule has 1 aliphatic rings. The van der Waals surface area contributed by atoms with Gasteiger partial charge in [0.25, 0.3) is 0 Å². The number of nitrogens with one attached hydrogen (secondary N) is 1. The van der Waals surface area contributed by atoms with Crippen molar-refractivity contribution in [3.8, 4) is 0 Å². The molecule has 1 saturated heterocycles. The minimum atomic E-state index is 0.382. The predicted molar refractivity (Wildman–Crippen MR) is 59.6 cm³/mol. The summed E-state index contributed by atoms with van der Waals surface area (Å²) in [6, 6.07) is 0. The topological polar surface area (TPSA) is 24.5 Å². The van der Waals surface area contributed by atoms with Crippen LogP contribution < -0.4 is 5.32 Å². The first-order valence-electron chi connectivity index (χ1n) is 5.56. The van der Waals surface area contributed by atoms with E-state index in [-0.39, 0.29) is 0 Å². The van der Waals surface area contributed by atoms with E-state index in [1.807, 2.05) is 0 Å². The molecule has 1 aliphatic heterocycles. The fourth-order valence-corrected chi connectivity index (χ4v) is 1.93. The molecule has 1 rings (SSSR count). The average Bonchev–Trinajstić information content (AvgIpc) is 2.16. The Hall–Kier alpha value is -0.120. The first-order chi connectivity index (χ1) is 6.64. The Kier molecular flexibility index (Phi) is 4.85. The van der Waals surface area contributed by atoms with Crippen LogP contribution in [-0.2, 0) is 4.74 Å². The second-order valence-electron chi connectivity index (χ2n) is 4.93. The Morgan fingerprint density at radius 3 is 2.50 bits per heavy atom. The normalized spacial score (nSPS) is 19.9. The summed E-state index contributed by atoms with van der Waals surface area (Å²) >= 11 is 0. The van der Waals surface area contributed by atoms with Crippen LogP contribution >= 0.6 is 0 Å². The molecule has 1 N–H and O–H groups in total. The summed E-state index contributed by atoms with van der Waals surface area (Å²) in [4.78, 5) is 2.55. The zero-order valence-corrected chi connectivity index (χ0v) is 9.81. The minimum absolute atomic E-state index is 0.382. The van der Waals surface area contributed by atoms with E-state index in [1.54, 1.807) is 7.11 Å². The Morgan fingerprint density at radius 1 is 1.29 bits per heavy atom. The van der Waals surface area contributed by atoms with Crippen molar-refractivity contribution in [3.05, 3.63) is 0 Å². The van der Waals surface area contributed by atoms with Crippen molar-refractivity contribution in [1.82, 2.24) is 10.2 Å². The molecule has 1 heterocycles. The third kappa shape index (κ3) is 4.40. The highest BCUT2D eigenvalue weighted by Crippen LogP contribution is 2.21. The van der Waals surface area contributed by atoms with E-state index in [9.17, 15) is 0 Å². The molecule has 0 saturated carbocycles. The molecule has 3 heteroatoms. The lowest BCUT2D eigenvalue weighted by Gasteiger charge is -2.35. The van der Waals surface area contributed by atoms with Crippen LogP contribution in [0, 0.1) is 5.41 Å². The number of rotatable bonds is 5. The highest BCUT2D eigenvalue weighted by molar-refractivity contribution is 4.77. The van der Waals surface area contributed by atoms with Gasteiger partial charge in [0.05, 0.1) is 0 Å². The van der Waals surface area contributed by atoms with Crippen LogP contribution in [-0.4, -0.2) is 51.3 Å². The number of piperazine rings is 1. The predicted octanol–water partition coefficient (Wildman–Crippen LogP) is 0.954. The maximum absolute atomic E-state index is 5.14. The molecule has 0 aromatic carbocycles. The fraction of sp³-hybridized carbons (Fsp3) is 1.00. The third-order valence-electron chi connectivity index (χ3n) is 2.84. The maximum atomic E-state index is 5.14. The van der Waals surface area contributed by atoms with Crippen LogP contribution in [0.25, 0.3) is 0 Å². The largest absolute Gasteiger partial charge is 0.385 e. The third-order valence-corrected chi connectivity index (χ3v) is 2.84. The number of hydrogen-bond acceptors (Lipinski definition) is 3. The van der Waals surface area contributed by atoms with Gasteiger partial charge in [0.2, 0.25) is 0 Å². The summed E-state index contributed by atoms with van der Waals surface area (Å²) in [5.74, 6) is 0. The Morgan fingerprint density at radius 2 is 1.93 bits per heavy atom. The molecule has 1 fully saturated rings. The molecule has 0 aromatic rings. The van der Waals surface area contributed by atoms with Crippen molar-refractivity contribution in [2.24, 2.45) is 5.41 Å². The highest BCUT2D eigenvalue weighted by Gasteiger charge is 2.22. The molecule has 0 amide bonds. The van der Waals surface area contributed by atoms with Crippen LogP contribution in [0.4, 0.5) is 0 Å². The van der Waals surface area contributed by atoms with Crippen molar-refractivity contribution in [2.75, 3.05) is 46.4 Å². The molecule has 84 valence electrons. The van der Waals surface area contributed by atoms with Crippen LogP contribution in [0.2, 0.25) is 0 Å². The lowest BCUT2D eigenvalue weighted by Crippen LogP contribution is -2.47. The van der Waals surface area contributed by atoms with Crippen LogP contribution in [0.5, 0.6) is 0 Å². The second-order valence-corrected chi connectivity index (χ2v) is 4.93. The van der Waals surface area contributed by atoms with E-state index in [2.05, 4.69) is 24.1 Å². The molecule has 0 atom stereocenters. The summed E-state index contributed by atoms with van der Waals surface area (Å²) in [6.07, 6.45) is 1.15. The summed E-state index contributed by atoms with van der Waals surface area (Å²) in [5, 5.41) is 3.38. The smallest absolute Gasteiger partial charge is 0.0467 e. The van der Waals surface area contributed by atoms with Crippen molar-refractivity contribution in [2.45, 2.75) is 20.3 Å². The zero-order valence-electron chi connectivity index (χ0n) is 9.81. The van der Waals surface area contributed by atoms with E-state index >= 15 is 0 Å². The molecule has 0 radical (unpaired) electrons. The first-order valence-corrected chi connectivity index (χ1v) is 5.56. The number of nitrogens with zero attached hydrogens (tertiary/aromatic N) is 1. The molecule has 0 spiro atoms. The Balaban J connectivity index is 2.25. The molecule has 14 heavy (non-hydrogen) atoms. The van der Waals surface area contributed by atoms with Gasteiger partial charge in [0.15, 0.2) is 0 Å². The summed E-state index contributed by atoms with van der Waals surface area (Å²) in [7, 11) is 1.78. The van der Waals surface area contributed by atoms with E-state index in [4.69, 9.17) is 4.74 Å². The molecule has 0 bridgehead atoms. The number of ether oxygens (including phenoxy) is 1. The summed E-state index contributed by atoms with van der Waals surface area (Å²) in [5.41, 5.74) is 0.382. The van der Waals surface area contributed by atoms with Crippen molar-refractivity contribution in [3.63, 3.8) is 0 Å². The fourth-order valence-electron chi connectivity index (χ4n) is 1.93. The van der Waals surface area contributed by atoms with Gasteiger partial charge < -0.3 is 15.0 Å². The van der Waals surface area contributed by atoms with Gasteiger partial charge in [-0.05, 0) is 11.8 Å². The van der Waals surface area contributed by atoms with E-state index < -0.39 is 0 Å². The lowest BCUT2D eigenvalue weighted by atomic mass is 9.89. The van der Waals surface area contributed by atoms with Crippen molar-refractivity contribution < 1.29 is 4.74 Å². The average molecular weight is 200 g/mol. The SMILES string of the molecule is COCCC(C)(C)CN1CCNCC1. The summed E-state index contributed by atoms with van der Waals surface area (Å²) < 4.78 is 5.14. The van der Waals surface area contributed by atoms with Gasteiger partial charge >= 0.3 is 0 Å². The molecule has 0 unspecified atom stereocenters. The molecule has 0 aliphatic carbocycles. The van der Waals surface area contributed by atoms with Crippen LogP contribution in [0.1, 0.15) is 20.3 Å². The van der Waals surface area contributed by atoms with Gasteiger partial charge in [-0.15, -0.1) is 0 Å². The van der Waals surface area contributed by atoms with Crippen molar-refractivity contribution in [1.29, 1.82) is 0 Å². The van der Waals surface area contributed by atoms with Crippen LogP contribution in [0.15, 0.2) is 0 Å². The van der Waals surface area contributed by atoms with E-state index in [0.29, 0.717) is 5.41 Å². The Labute approximate surface area is 87.8 Å². The number of hydrogen-bond donors (Lipinski definition) is 1. The standard InChI is InChI=1S/C11H24N2O/c1-11(2,4-9-14-3)10-13-7-5-12-6-8-13/h12H,4-10H2,1-3H3. The molecule has 0 aromatic heterocycles. The quantitative estimate of drug-likeness (QED) is 0.715. The minimum Gasteiger partial charge on any atom is -0.385 e.